The summed E-state index contributed by atoms with van der Waals surface area (Å²) in [6.45, 7) is 121. The van der Waals surface area contributed by atoms with Crippen molar-refractivity contribution < 1.29 is 8.83 Å². The van der Waals surface area contributed by atoms with Gasteiger partial charge in [0.05, 0.1) is 43.1 Å². The molecule has 136 heavy (non-hydrogen) atoms. The average Bonchev–Trinajstić information content (AvgIpc) is 1.83. The van der Waals surface area contributed by atoms with Gasteiger partial charge in [0.25, 0.3) is 0 Å². The molecule has 0 aliphatic carbocycles. The Labute approximate surface area is 847 Å². The summed E-state index contributed by atoms with van der Waals surface area (Å²) in [5.41, 5.74) is 1.02. The van der Waals surface area contributed by atoms with Gasteiger partial charge < -0.3 is 13.8 Å². The molecule has 0 atom stereocenters. The number of furan rings is 1. The zero-order valence-corrected chi connectivity index (χ0v) is 100. The van der Waals surface area contributed by atoms with Crippen LogP contribution in [0.3, 0.4) is 0 Å². The zero-order chi connectivity index (χ0) is 111. The van der Waals surface area contributed by atoms with Gasteiger partial charge in [-0.1, -0.05) is 444 Å². The molecule has 1 aromatic carbocycles. The SMILES string of the molecule is CC.CC.CC.CC.CC.CC.CC.CC.CC.CC.CC.CC.CC(C)C.CC(C)C.CC(C)C.CC(C)C.CC(C)C.CC(C)C.CC(C)C.CC(C)C.CC(C)C.CC(C)C.CC(C)c1cn[nH]n1.CC(C)c1ncn[nH]1.c1c[nH]cn1.c1ccccc1.c1ccncc1.c1ccnnc1.c1ccoc1.c1cn[nH]c1.c1cnccn1.c1cncnc1.c1cnncn1.c1cocn1. The predicted molar refractivity (Wildman–Crippen MR) is 611 cm³/mol. The Kier molecular flexibility index (Phi) is 279. The summed E-state index contributed by atoms with van der Waals surface area (Å²) in [7, 11) is 0. The minimum absolute atomic E-state index is 0.456. The molecule has 0 amide bonds. The lowest BCUT2D eigenvalue weighted by atomic mass is 10.2. The Morgan fingerprint density at radius 3 is 0.647 bits per heavy atom. The van der Waals surface area contributed by atoms with Crippen LogP contribution >= 0.6 is 0 Å². The molecule has 23 nitrogen and oxygen atoms in total. The van der Waals surface area contributed by atoms with Gasteiger partial charge in [-0.25, -0.2) is 29.9 Å². The summed E-state index contributed by atoms with van der Waals surface area (Å²) in [5, 5.41) is 36.8. The maximum atomic E-state index is 4.58. The minimum Gasteiger partial charge on any atom is -0.473 e. The molecule has 11 aromatic heterocycles. The van der Waals surface area contributed by atoms with Crippen molar-refractivity contribution in [3.63, 3.8) is 0 Å². The van der Waals surface area contributed by atoms with Gasteiger partial charge in [-0.2, -0.15) is 40.9 Å². The van der Waals surface area contributed by atoms with Crippen molar-refractivity contribution in [2.24, 2.45) is 59.2 Å². The van der Waals surface area contributed by atoms with Crippen molar-refractivity contribution in [2.75, 3.05) is 0 Å². The van der Waals surface area contributed by atoms with E-state index in [1.165, 1.54) is 37.8 Å². The van der Waals surface area contributed by atoms with Gasteiger partial charge in [-0.05, 0) is 114 Å². The zero-order valence-electron chi connectivity index (χ0n) is 100. The monoisotopic (exact) mass is 1910 g/mol. The van der Waals surface area contributed by atoms with Crippen LogP contribution in [0, 0.1) is 59.2 Å². The predicted octanol–water partition coefficient (Wildman–Crippen LogP) is 37.6. The molecule has 0 aliphatic rings. The highest BCUT2D eigenvalue weighted by atomic mass is 16.3. The molecule has 0 fully saturated rings. The van der Waals surface area contributed by atoms with E-state index in [9.17, 15) is 0 Å². The molecule has 0 radical (unpaired) electrons. The fraction of sp³-hybridized carbons (Fsp3) is 0.619. The molecule has 0 bridgehead atoms. The number of aromatic nitrogens is 21. The van der Waals surface area contributed by atoms with Gasteiger partial charge in [0.1, 0.15) is 31.1 Å². The van der Waals surface area contributed by atoms with E-state index in [4.69, 9.17) is 0 Å². The number of benzene rings is 1. The molecule has 0 saturated carbocycles. The topological polar surface area (TPSA) is 309 Å². The minimum atomic E-state index is 0.456. The Bertz CT molecular complexity index is 2360. The van der Waals surface area contributed by atoms with Crippen LogP contribution in [0.5, 0.6) is 0 Å². The molecule has 12 rings (SSSR count). The Morgan fingerprint density at radius 1 is 0.228 bits per heavy atom. The summed E-state index contributed by atoms with van der Waals surface area (Å²) < 4.78 is 9.06. The summed E-state index contributed by atoms with van der Waals surface area (Å²) in [6.07, 6.45) is 42.2. The number of imidazole rings is 1. The first-order chi connectivity index (χ1) is 64.9. The van der Waals surface area contributed by atoms with Gasteiger partial charge in [0, 0.05) is 98.9 Å². The molecular weight excluding hydrogens is 1680 g/mol. The van der Waals surface area contributed by atoms with Gasteiger partial charge >= 0.3 is 0 Å². The van der Waals surface area contributed by atoms with Crippen LogP contribution in [-0.4, -0.2) is 106 Å². The van der Waals surface area contributed by atoms with E-state index >= 15 is 0 Å². The lowest BCUT2D eigenvalue weighted by Gasteiger charge is -1.93. The van der Waals surface area contributed by atoms with E-state index in [-0.39, 0.29) is 0 Å². The Balaban J connectivity index is -0.0000000497. The molecule has 12 aromatic rings. The quantitative estimate of drug-likeness (QED) is 0.125. The Morgan fingerprint density at radius 2 is 0.544 bits per heavy atom. The van der Waals surface area contributed by atoms with E-state index in [2.05, 4.69) is 350 Å². The first-order valence-electron chi connectivity index (χ1n) is 50.8. The number of oxazole rings is 1. The normalized spacial score (nSPS) is 7.69. The van der Waals surface area contributed by atoms with E-state index in [1.807, 2.05) is 251 Å². The molecular formula is C113H231N21O2. The molecule has 0 aliphatic heterocycles. The number of pyridine rings is 1. The first-order valence-corrected chi connectivity index (χ1v) is 50.8. The molecule has 4 N–H and O–H groups in total. The summed E-state index contributed by atoms with van der Waals surface area (Å²) in [5.74, 6) is 10.2. The highest BCUT2D eigenvalue weighted by Gasteiger charge is 1.99. The van der Waals surface area contributed by atoms with Gasteiger partial charge in [-0.3, -0.25) is 25.1 Å². The van der Waals surface area contributed by atoms with E-state index < -0.39 is 0 Å². The largest absolute Gasteiger partial charge is 0.473 e. The van der Waals surface area contributed by atoms with Crippen molar-refractivity contribution in [1.82, 2.24) is 106 Å². The van der Waals surface area contributed by atoms with E-state index in [0.717, 1.165) is 70.7 Å². The number of hydrogen-bond acceptors (Lipinski definition) is 19. The number of aromatic amines is 4. The number of nitrogens with one attached hydrogen (secondary N) is 4. The maximum Gasteiger partial charge on any atom is 0.180 e. The lowest BCUT2D eigenvalue weighted by Crippen LogP contribution is -1.88. The second kappa shape index (κ2) is 208. The van der Waals surface area contributed by atoms with Crippen LogP contribution in [0.1, 0.15) is 425 Å². The number of nitrogens with zero attached hydrogens (tertiary/aromatic N) is 17. The summed E-state index contributed by atoms with van der Waals surface area (Å²) in [4.78, 5) is 36.1. The van der Waals surface area contributed by atoms with Crippen molar-refractivity contribution in [1.29, 1.82) is 0 Å². The van der Waals surface area contributed by atoms with Crippen molar-refractivity contribution in [3.05, 3.63) is 265 Å². The Hall–Kier alpha value is -10.2. The van der Waals surface area contributed by atoms with Gasteiger partial charge in [-0.15, -0.1) is 5.10 Å². The van der Waals surface area contributed by atoms with Crippen molar-refractivity contribution >= 4 is 0 Å². The molecule has 23 heteroatoms. The average molecular weight is 1920 g/mol. The highest BCUT2D eigenvalue weighted by molar-refractivity contribution is 4.99. The third kappa shape index (κ3) is 406. The highest BCUT2D eigenvalue weighted by Crippen LogP contribution is 2.06. The van der Waals surface area contributed by atoms with Crippen LogP contribution in [-0.2, 0) is 0 Å². The smallest absolute Gasteiger partial charge is 0.180 e. The number of H-pyrrole nitrogens is 4. The number of hydrogen-bond donors (Lipinski definition) is 4. The molecule has 0 unspecified atom stereocenters. The third-order valence-electron chi connectivity index (χ3n) is 6.67. The fourth-order valence-electron chi connectivity index (χ4n) is 3.48. The molecule has 800 valence electrons. The van der Waals surface area contributed by atoms with Crippen LogP contribution in [0.4, 0.5) is 0 Å². The van der Waals surface area contributed by atoms with Gasteiger partial charge in [0.15, 0.2) is 6.39 Å². The first kappa shape index (κ1) is 182. The van der Waals surface area contributed by atoms with Crippen LogP contribution in [0.2, 0.25) is 0 Å². The fourth-order valence-corrected chi connectivity index (χ4v) is 3.48. The van der Waals surface area contributed by atoms with E-state index in [0.29, 0.717) is 11.8 Å². The van der Waals surface area contributed by atoms with E-state index in [1.54, 1.807) is 130 Å². The van der Waals surface area contributed by atoms with Gasteiger partial charge in [0.2, 0.25) is 0 Å². The number of rotatable bonds is 2. The standard InChI is InChI=1S/C6H6.2C5H9N3.C5H5N.3C4H4N2.C4H4O.10C4H10.C3H3N3.2C3H4N2.C3H3NO.12C2H6/c1-2-4-6-5-3-1;1-4(2)5-6-3-7-8-5;1-4(2)5-3-6-8-7-5;1-2-4-6-5-3-1;1-2-6-4-3-5-1;1-2-5-4-6-3-1;1-2-4-6-5-3-1;1-2-4-5-3-1;10*1-4(2)3;1-2-5-6-3-4-1;1-2-5-3-4-1;1-2-4-5-3-1;1-2-5-3-4-1;12*1-2/h1-6H;2*3-4H,1-2H3,(H,6,7,8);1-5H;3*1-4H;1-4H;10*4H,1-3H3;1-3H;2*1-3H,(H,4,5);1-3H;12*1-2H3. The van der Waals surface area contributed by atoms with Crippen molar-refractivity contribution in [3.8, 4) is 0 Å². The molecule has 0 saturated heterocycles. The summed E-state index contributed by atoms with van der Waals surface area (Å²) in [6, 6.07) is 28.6. The second-order valence-electron chi connectivity index (χ2n) is 30.1. The maximum absolute atomic E-state index is 4.58. The van der Waals surface area contributed by atoms with Crippen molar-refractivity contribution in [2.45, 2.75) is 413 Å². The molecule has 11 heterocycles. The van der Waals surface area contributed by atoms with Crippen LogP contribution < -0.4 is 0 Å². The second-order valence-corrected chi connectivity index (χ2v) is 30.1. The molecule has 0 spiro atoms. The lowest BCUT2D eigenvalue weighted by molar-refractivity contribution is 0.558. The third-order valence-corrected chi connectivity index (χ3v) is 6.67. The van der Waals surface area contributed by atoms with Crippen LogP contribution in [0.25, 0.3) is 0 Å². The van der Waals surface area contributed by atoms with Crippen LogP contribution in [0.15, 0.2) is 262 Å². The summed E-state index contributed by atoms with van der Waals surface area (Å²) >= 11 is 0.